The number of fused-ring (bicyclic) bond motifs is 1. The van der Waals surface area contributed by atoms with Crippen LogP contribution in [0.3, 0.4) is 0 Å². The molecule has 0 saturated carbocycles. The number of aromatic nitrogens is 1. The highest BCUT2D eigenvalue weighted by Crippen LogP contribution is 2.33. The lowest BCUT2D eigenvalue weighted by atomic mass is 9.98. The van der Waals surface area contributed by atoms with E-state index in [2.05, 4.69) is 23.7 Å². The molecule has 0 aliphatic rings. The number of H-pyrrole nitrogens is 1. The number of nitrogens with one attached hydrogen (secondary N) is 1. The lowest BCUT2D eigenvalue weighted by Gasteiger charge is -2.27. The Morgan fingerprint density at radius 1 is 1.04 bits per heavy atom. The first-order valence-electron chi connectivity index (χ1n) is 9.42. The molecule has 1 atom stereocenters. The van der Waals surface area contributed by atoms with Crippen LogP contribution in [0.5, 0.6) is 5.75 Å². The Hall–Kier alpha value is -2.63. The van der Waals surface area contributed by atoms with Crippen LogP contribution >= 0.6 is 0 Å². The zero-order valence-electron chi connectivity index (χ0n) is 15.8. The molecular weight excluding hydrogens is 340 g/mol. The molecular formula is C22H26N2O3. The Morgan fingerprint density at radius 3 is 2.33 bits per heavy atom. The van der Waals surface area contributed by atoms with E-state index >= 15 is 0 Å². The highest BCUT2D eigenvalue weighted by molar-refractivity contribution is 5.99. The highest BCUT2D eigenvalue weighted by Gasteiger charge is 2.17. The van der Waals surface area contributed by atoms with Crippen molar-refractivity contribution in [3.63, 3.8) is 0 Å². The molecule has 5 heteroatoms. The van der Waals surface area contributed by atoms with Gasteiger partial charge in [0, 0.05) is 30.2 Å². The first-order chi connectivity index (χ1) is 13.1. The molecule has 5 nitrogen and oxygen atoms in total. The summed E-state index contributed by atoms with van der Waals surface area (Å²) in [5, 5.41) is 22.0. The molecule has 3 rings (SSSR count). The summed E-state index contributed by atoms with van der Waals surface area (Å²) >= 11 is 0. The zero-order valence-corrected chi connectivity index (χ0v) is 15.8. The van der Waals surface area contributed by atoms with Gasteiger partial charge in [-0.05, 0) is 36.1 Å². The number of aliphatic hydroxyl groups excluding tert-OH is 1. The van der Waals surface area contributed by atoms with Gasteiger partial charge in [-0.15, -0.1) is 0 Å². The molecule has 0 saturated heterocycles. The third-order valence-electron chi connectivity index (χ3n) is 4.79. The summed E-state index contributed by atoms with van der Waals surface area (Å²) in [6.07, 6.45) is 2.95. The quantitative estimate of drug-likeness (QED) is 0.552. The molecule has 1 unspecified atom stereocenters. The van der Waals surface area contributed by atoms with E-state index in [1.165, 1.54) is 0 Å². The summed E-state index contributed by atoms with van der Waals surface area (Å²) in [4.78, 5) is 16.8. The molecule has 3 N–H and O–H groups in total. The minimum atomic E-state index is -0.639. The molecule has 0 spiro atoms. The van der Waals surface area contributed by atoms with Crippen molar-refractivity contribution in [3.05, 3.63) is 64.6 Å². The van der Waals surface area contributed by atoms with Gasteiger partial charge >= 0.3 is 0 Å². The van der Waals surface area contributed by atoms with Gasteiger partial charge in [-0.3, -0.25) is 9.69 Å². The summed E-state index contributed by atoms with van der Waals surface area (Å²) in [5.74, 6) is 0.0785. The topological polar surface area (TPSA) is 76.6 Å². The minimum absolute atomic E-state index is 0.0785. The van der Waals surface area contributed by atoms with Crippen molar-refractivity contribution in [1.29, 1.82) is 0 Å². The van der Waals surface area contributed by atoms with Crippen LogP contribution in [-0.4, -0.2) is 33.2 Å². The third-order valence-corrected chi connectivity index (χ3v) is 4.79. The first-order valence-corrected chi connectivity index (χ1v) is 9.42. The normalized spacial score (nSPS) is 12.6. The smallest absolute Gasteiger partial charge is 0.255 e. The maximum Gasteiger partial charge on any atom is 0.255 e. The van der Waals surface area contributed by atoms with Crippen molar-refractivity contribution < 1.29 is 10.2 Å². The van der Waals surface area contributed by atoms with Gasteiger partial charge in [-0.25, -0.2) is 0 Å². The third kappa shape index (κ3) is 3.89. The average molecular weight is 366 g/mol. The van der Waals surface area contributed by atoms with Crippen LogP contribution in [0.1, 0.15) is 38.5 Å². The van der Waals surface area contributed by atoms with Crippen molar-refractivity contribution in [2.24, 2.45) is 0 Å². The van der Waals surface area contributed by atoms with Crippen LogP contribution in [0.25, 0.3) is 21.9 Å². The van der Waals surface area contributed by atoms with Crippen molar-refractivity contribution in [1.82, 2.24) is 9.88 Å². The maximum absolute atomic E-state index is 12.1. The van der Waals surface area contributed by atoms with Crippen LogP contribution in [0.2, 0.25) is 0 Å². The highest BCUT2D eigenvalue weighted by atomic mass is 16.3. The molecule has 27 heavy (non-hydrogen) atoms. The number of phenolic OH excluding ortho intramolecular Hbond substituents is 1. The fraction of sp³-hybridized carbons (Fsp3) is 0.318. The van der Waals surface area contributed by atoms with Gasteiger partial charge in [0.1, 0.15) is 12.0 Å². The number of aromatic amines is 1. The van der Waals surface area contributed by atoms with Crippen LogP contribution < -0.4 is 5.56 Å². The second-order valence-corrected chi connectivity index (χ2v) is 6.76. The molecule has 0 amide bonds. The monoisotopic (exact) mass is 366 g/mol. The molecule has 0 radical (unpaired) electrons. The molecule has 0 aliphatic heterocycles. The summed E-state index contributed by atoms with van der Waals surface area (Å²) in [7, 11) is 0. The predicted molar refractivity (Wildman–Crippen MR) is 109 cm³/mol. The van der Waals surface area contributed by atoms with Crippen LogP contribution in [0.15, 0.2) is 53.5 Å². The van der Waals surface area contributed by atoms with E-state index in [1.807, 2.05) is 24.3 Å². The number of aromatic hydroxyl groups is 1. The van der Waals surface area contributed by atoms with E-state index in [-0.39, 0.29) is 11.3 Å². The largest absolute Gasteiger partial charge is 0.507 e. The first kappa shape index (κ1) is 19.1. The summed E-state index contributed by atoms with van der Waals surface area (Å²) in [6, 6.07) is 12.6. The minimum Gasteiger partial charge on any atom is -0.507 e. The van der Waals surface area contributed by atoms with Crippen LogP contribution in [0.4, 0.5) is 0 Å². The number of nitrogens with zero attached hydrogens (tertiary/aromatic N) is 1. The van der Waals surface area contributed by atoms with Gasteiger partial charge in [-0.1, -0.05) is 44.2 Å². The Bertz CT molecular complexity index is 957. The lowest BCUT2D eigenvalue weighted by molar-refractivity contribution is 0.00168. The van der Waals surface area contributed by atoms with Gasteiger partial charge in [0.2, 0.25) is 0 Å². The number of phenols is 1. The second kappa shape index (κ2) is 8.37. The van der Waals surface area contributed by atoms with Crippen molar-refractivity contribution in [3.8, 4) is 16.9 Å². The Labute approximate surface area is 158 Å². The van der Waals surface area contributed by atoms with Crippen molar-refractivity contribution in [2.75, 3.05) is 13.1 Å². The Balaban J connectivity index is 1.98. The zero-order chi connectivity index (χ0) is 19.4. The number of hydrogen-bond acceptors (Lipinski definition) is 4. The Morgan fingerprint density at radius 2 is 1.70 bits per heavy atom. The van der Waals surface area contributed by atoms with E-state index in [0.717, 1.165) is 42.6 Å². The van der Waals surface area contributed by atoms with Gasteiger partial charge in [0.25, 0.3) is 5.56 Å². The summed E-state index contributed by atoms with van der Waals surface area (Å²) < 4.78 is 0. The van der Waals surface area contributed by atoms with Gasteiger partial charge in [-0.2, -0.15) is 0 Å². The van der Waals surface area contributed by atoms with Crippen molar-refractivity contribution in [2.45, 2.75) is 32.9 Å². The fourth-order valence-corrected chi connectivity index (χ4v) is 3.50. The van der Waals surface area contributed by atoms with E-state index in [1.54, 1.807) is 24.4 Å². The number of rotatable bonds is 7. The van der Waals surface area contributed by atoms with Crippen molar-refractivity contribution >= 4 is 10.8 Å². The summed E-state index contributed by atoms with van der Waals surface area (Å²) in [6.45, 7) is 5.89. The van der Waals surface area contributed by atoms with E-state index in [9.17, 15) is 15.0 Å². The van der Waals surface area contributed by atoms with Crippen LogP contribution in [-0.2, 0) is 0 Å². The molecule has 1 aromatic heterocycles. The number of benzene rings is 2. The average Bonchev–Trinajstić information content (AvgIpc) is 2.68. The Kier molecular flexibility index (Phi) is 5.94. The van der Waals surface area contributed by atoms with Crippen LogP contribution in [0, 0.1) is 0 Å². The molecule has 0 aliphatic carbocycles. The molecule has 2 aromatic carbocycles. The van der Waals surface area contributed by atoms with E-state index in [0.29, 0.717) is 10.8 Å². The van der Waals surface area contributed by atoms with E-state index in [4.69, 9.17) is 0 Å². The fourth-order valence-electron chi connectivity index (χ4n) is 3.50. The number of pyridine rings is 1. The standard InChI is InChI=1S/C22H26N2O3/c1-3-12-24(13-4-2)22(27)16-10-8-15(9-11-16)18-14-23-21(26)17-6-5-7-19(25)20(17)18/h5-11,14,22,25,27H,3-4,12-13H2,1-2H3,(H,23,26). The number of aliphatic hydroxyl groups is 1. The van der Waals surface area contributed by atoms with Gasteiger partial charge in [0.05, 0.1) is 5.39 Å². The summed E-state index contributed by atoms with van der Waals surface area (Å²) in [5.41, 5.74) is 2.22. The van der Waals surface area contributed by atoms with E-state index < -0.39 is 6.23 Å². The van der Waals surface area contributed by atoms with Gasteiger partial charge < -0.3 is 15.2 Å². The SMILES string of the molecule is CCCN(CCC)C(O)c1ccc(-c2c[nH]c(=O)c3cccc(O)c23)cc1. The molecule has 142 valence electrons. The second-order valence-electron chi connectivity index (χ2n) is 6.76. The molecule has 0 fully saturated rings. The molecule has 0 bridgehead atoms. The number of hydrogen-bond donors (Lipinski definition) is 3. The molecule has 1 heterocycles. The lowest BCUT2D eigenvalue weighted by Crippen LogP contribution is -2.30. The van der Waals surface area contributed by atoms with Gasteiger partial charge in [0.15, 0.2) is 0 Å². The predicted octanol–water partition coefficient (Wildman–Crippen LogP) is 4.01. The maximum atomic E-state index is 12.1. The molecule has 3 aromatic rings.